The van der Waals surface area contributed by atoms with Crippen molar-refractivity contribution in [2.45, 2.75) is 26.7 Å². The van der Waals surface area contributed by atoms with Crippen LogP contribution in [-0.4, -0.2) is 16.9 Å². The lowest BCUT2D eigenvalue weighted by Crippen LogP contribution is -2.07. The van der Waals surface area contributed by atoms with Crippen molar-refractivity contribution in [3.63, 3.8) is 0 Å². The van der Waals surface area contributed by atoms with Crippen LogP contribution in [0.1, 0.15) is 23.9 Å². The molecule has 1 aromatic carbocycles. The SMILES string of the molecule is C=C(C)[C@@H]1Cc2c(C)nn(-c3ccccc3OC)c2C1. The second-order valence-electron chi connectivity index (χ2n) is 5.55. The summed E-state index contributed by atoms with van der Waals surface area (Å²) in [6.45, 7) is 8.32. The fourth-order valence-electron chi connectivity index (χ4n) is 2.99. The number of nitrogens with zero attached hydrogens (tertiary/aromatic N) is 2. The Balaban J connectivity index is 2.10. The average molecular weight is 268 g/mol. The first-order chi connectivity index (χ1) is 9.61. The van der Waals surface area contributed by atoms with Crippen molar-refractivity contribution >= 4 is 0 Å². The normalized spacial score (nSPS) is 17.1. The van der Waals surface area contributed by atoms with Crippen LogP contribution in [0.3, 0.4) is 0 Å². The third-order valence-electron chi connectivity index (χ3n) is 4.19. The Morgan fingerprint density at radius 1 is 1.35 bits per heavy atom. The molecular formula is C17H20N2O. The van der Waals surface area contributed by atoms with Gasteiger partial charge in [-0.25, -0.2) is 4.68 Å². The number of methoxy groups -OCH3 is 1. The Morgan fingerprint density at radius 3 is 2.80 bits per heavy atom. The number of hydrogen-bond acceptors (Lipinski definition) is 2. The molecule has 0 N–H and O–H groups in total. The van der Waals surface area contributed by atoms with E-state index in [2.05, 4.69) is 26.5 Å². The molecule has 3 heteroatoms. The highest BCUT2D eigenvalue weighted by atomic mass is 16.5. The van der Waals surface area contributed by atoms with E-state index in [1.165, 1.54) is 16.8 Å². The number of hydrogen-bond donors (Lipinski definition) is 0. The van der Waals surface area contributed by atoms with E-state index in [1.54, 1.807) is 7.11 Å². The van der Waals surface area contributed by atoms with Crippen LogP contribution in [0.15, 0.2) is 36.4 Å². The Kier molecular flexibility index (Phi) is 3.13. The van der Waals surface area contributed by atoms with Gasteiger partial charge in [-0.2, -0.15) is 5.10 Å². The maximum Gasteiger partial charge on any atom is 0.144 e. The highest BCUT2D eigenvalue weighted by molar-refractivity contribution is 5.49. The Labute approximate surface area is 119 Å². The van der Waals surface area contributed by atoms with Gasteiger partial charge in [-0.1, -0.05) is 24.3 Å². The molecule has 20 heavy (non-hydrogen) atoms. The van der Waals surface area contributed by atoms with Gasteiger partial charge >= 0.3 is 0 Å². The molecule has 1 aliphatic rings. The van der Waals surface area contributed by atoms with Gasteiger partial charge in [0, 0.05) is 5.69 Å². The van der Waals surface area contributed by atoms with Crippen molar-refractivity contribution in [3.8, 4) is 11.4 Å². The molecule has 0 saturated carbocycles. The molecule has 0 saturated heterocycles. The molecule has 1 aromatic heterocycles. The predicted octanol–water partition coefficient (Wildman–Crippen LogP) is 3.48. The van der Waals surface area contributed by atoms with E-state index < -0.39 is 0 Å². The van der Waals surface area contributed by atoms with E-state index in [4.69, 9.17) is 9.84 Å². The van der Waals surface area contributed by atoms with Crippen LogP contribution < -0.4 is 4.74 Å². The molecule has 0 unspecified atom stereocenters. The quantitative estimate of drug-likeness (QED) is 0.797. The van der Waals surface area contributed by atoms with Crippen LogP contribution >= 0.6 is 0 Å². The minimum atomic E-state index is 0.544. The summed E-state index contributed by atoms with van der Waals surface area (Å²) in [5.74, 6) is 1.40. The third kappa shape index (κ3) is 1.94. The first kappa shape index (κ1) is 13.0. The molecule has 3 rings (SSSR count). The molecule has 104 valence electrons. The van der Waals surface area contributed by atoms with Gasteiger partial charge in [-0.05, 0) is 50.3 Å². The maximum atomic E-state index is 5.46. The minimum absolute atomic E-state index is 0.544. The first-order valence-electron chi connectivity index (χ1n) is 6.98. The highest BCUT2D eigenvalue weighted by Gasteiger charge is 2.29. The summed E-state index contributed by atoms with van der Waals surface area (Å²) >= 11 is 0. The zero-order chi connectivity index (χ0) is 14.3. The number of benzene rings is 1. The summed E-state index contributed by atoms with van der Waals surface area (Å²) in [6, 6.07) is 8.03. The number of rotatable bonds is 3. The Bertz CT molecular complexity index is 670. The number of allylic oxidation sites excluding steroid dienone is 1. The van der Waals surface area contributed by atoms with Crippen LogP contribution in [0.25, 0.3) is 5.69 Å². The van der Waals surface area contributed by atoms with Crippen LogP contribution in [0.2, 0.25) is 0 Å². The van der Waals surface area contributed by atoms with E-state index >= 15 is 0 Å². The summed E-state index contributed by atoms with van der Waals surface area (Å²) < 4.78 is 7.51. The minimum Gasteiger partial charge on any atom is -0.494 e. The summed E-state index contributed by atoms with van der Waals surface area (Å²) in [5.41, 5.74) is 6.08. The molecule has 0 bridgehead atoms. The van der Waals surface area contributed by atoms with Gasteiger partial charge in [0.2, 0.25) is 0 Å². The van der Waals surface area contributed by atoms with E-state index in [9.17, 15) is 0 Å². The van der Waals surface area contributed by atoms with Crippen molar-refractivity contribution in [2.24, 2.45) is 5.92 Å². The standard InChI is InChI=1S/C17H20N2O/c1-11(2)13-9-14-12(3)18-19(16(14)10-13)15-7-5-6-8-17(15)20-4/h5-8,13H,1,9-10H2,2-4H3/t13-/m1/s1. The molecular weight excluding hydrogens is 248 g/mol. The van der Waals surface area contributed by atoms with Gasteiger partial charge in [0.25, 0.3) is 0 Å². The van der Waals surface area contributed by atoms with Gasteiger partial charge in [-0.3, -0.25) is 0 Å². The lowest BCUT2D eigenvalue weighted by atomic mass is 9.99. The van der Waals surface area contributed by atoms with E-state index in [0.29, 0.717) is 5.92 Å². The van der Waals surface area contributed by atoms with Crippen molar-refractivity contribution in [3.05, 3.63) is 53.4 Å². The number of aromatic nitrogens is 2. The van der Waals surface area contributed by atoms with Crippen molar-refractivity contribution in [1.82, 2.24) is 9.78 Å². The second-order valence-corrected chi connectivity index (χ2v) is 5.55. The smallest absolute Gasteiger partial charge is 0.144 e. The van der Waals surface area contributed by atoms with Gasteiger partial charge < -0.3 is 4.74 Å². The zero-order valence-corrected chi connectivity index (χ0v) is 12.3. The molecule has 1 aliphatic carbocycles. The number of ether oxygens (including phenoxy) is 1. The topological polar surface area (TPSA) is 27.1 Å². The van der Waals surface area contributed by atoms with Gasteiger partial charge in [0.05, 0.1) is 12.8 Å². The molecule has 0 amide bonds. The molecule has 3 nitrogen and oxygen atoms in total. The summed E-state index contributed by atoms with van der Waals surface area (Å²) in [4.78, 5) is 0. The molecule has 1 heterocycles. The number of aryl methyl sites for hydroxylation is 1. The van der Waals surface area contributed by atoms with Gasteiger partial charge in [-0.15, -0.1) is 0 Å². The van der Waals surface area contributed by atoms with Gasteiger partial charge in [0.15, 0.2) is 0 Å². The zero-order valence-electron chi connectivity index (χ0n) is 12.3. The van der Waals surface area contributed by atoms with Crippen LogP contribution in [0, 0.1) is 12.8 Å². The molecule has 1 atom stereocenters. The number of fused-ring (bicyclic) bond motifs is 1. The predicted molar refractivity (Wildman–Crippen MR) is 80.6 cm³/mol. The summed E-state index contributed by atoms with van der Waals surface area (Å²) in [6.07, 6.45) is 2.08. The molecule has 0 spiro atoms. The van der Waals surface area contributed by atoms with Crippen molar-refractivity contribution in [2.75, 3.05) is 7.11 Å². The Morgan fingerprint density at radius 2 is 2.10 bits per heavy atom. The largest absolute Gasteiger partial charge is 0.494 e. The fourth-order valence-corrected chi connectivity index (χ4v) is 2.99. The van der Waals surface area contributed by atoms with Crippen LogP contribution in [-0.2, 0) is 12.8 Å². The lowest BCUT2D eigenvalue weighted by molar-refractivity contribution is 0.411. The van der Waals surface area contributed by atoms with E-state index in [-0.39, 0.29) is 0 Å². The third-order valence-corrected chi connectivity index (χ3v) is 4.19. The number of para-hydroxylation sites is 2. The highest BCUT2D eigenvalue weighted by Crippen LogP contribution is 2.35. The summed E-state index contributed by atoms with van der Waals surface area (Å²) in [7, 11) is 1.70. The Hall–Kier alpha value is -2.03. The second kappa shape index (κ2) is 4.82. The van der Waals surface area contributed by atoms with Crippen molar-refractivity contribution < 1.29 is 4.74 Å². The molecule has 0 aliphatic heterocycles. The summed E-state index contributed by atoms with van der Waals surface area (Å²) in [5, 5.41) is 4.71. The molecule has 2 aromatic rings. The lowest BCUT2D eigenvalue weighted by Gasteiger charge is -2.12. The van der Waals surface area contributed by atoms with E-state index in [0.717, 1.165) is 30.0 Å². The first-order valence-corrected chi connectivity index (χ1v) is 6.98. The van der Waals surface area contributed by atoms with Crippen LogP contribution in [0.5, 0.6) is 5.75 Å². The average Bonchev–Trinajstić information content (AvgIpc) is 3.00. The van der Waals surface area contributed by atoms with Crippen LogP contribution in [0.4, 0.5) is 0 Å². The van der Waals surface area contributed by atoms with Gasteiger partial charge in [0.1, 0.15) is 11.4 Å². The molecule has 0 fully saturated rings. The molecule has 0 radical (unpaired) electrons. The fraction of sp³-hybridized carbons (Fsp3) is 0.353. The monoisotopic (exact) mass is 268 g/mol. The maximum absolute atomic E-state index is 5.46. The van der Waals surface area contributed by atoms with E-state index in [1.807, 2.05) is 22.9 Å². The van der Waals surface area contributed by atoms with Crippen molar-refractivity contribution in [1.29, 1.82) is 0 Å².